The van der Waals surface area contributed by atoms with Crippen LogP contribution in [0.15, 0.2) is 30.5 Å². The smallest absolute Gasteiger partial charge is 0.154 e. The summed E-state index contributed by atoms with van der Waals surface area (Å²) in [6.45, 7) is 4.06. The Bertz CT molecular complexity index is 813. The van der Waals surface area contributed by atoms with E-state index in [1.165, 1.54) is 38.5 Å². The number of aryl methyl sites for hydroxylation is 1. The second-order valence-corrected chi connectivity index (χ2v) is 7.85. The predicted octanol–water partition coefficient (Wildman–Crippen LogP) is 3.94. The van der Waals surface area contributed by atoms with Crippen molar-refractivity contribution >= 4 is 17.3 Å². The van der Waals surface area contributed by atoms with Gasteiger partial charge < -0.3 is 10.6 Å². The van der Waals surface area contributed by atoms with Gasteiger partial charge >= 0.3 is 0 Å². The van der Waals surface area contributed by atoms with Crippen molar-refractivity contribution in [3.8, 4) is 0 Å². The molecule has 1 spiro atoms. The zero-order chi connectivity index (χ0) is 18.1. The highest BCUT2D eigenvalue weighted by molar-refractivity contribution is 6.12. The van der Waals surface area contributed by atoms with Crippen molar-refractivity contribution in [3.63, 3.8) is 0 Å². The Balaban J connectivity index is 1.51. The summed E-state index contributed by atoms with van der Waals surface area (Å²) in [6.07, 6.45) is 9.84. The number of aromatic nitrogens is 2. The number of nitrogens with one attached hydrogen (secondary N) is 1. The molecule has 4 rings (SSSR count). The highest BCUT2D eigenvalue weighted by Gasteiger charge is 2.37. The van der Waals surface area contributed by atoms with E-state index < -0.39 is 0 Å². The number of nitrogens with two attached hydrogens (primary N) is 1. The Morgan fingerprint density at radius 1 is 1.12 bits per heavy atom. The van der Waals surface area contributed by atoms with Crippen LogP contribution in [0.25, 0.3) is 0 Å². The number of piperidine rings is 1. The van der Waals surface area contributed by atoms with Crippen LogP contribution in [-0.2, 0) is 0 Å². The van der Waals surface area contributed by atoms with Crippen LogP contribution in [-0.4, -0.2) is 28.8 Å². The minimum absolute atomic E-state index is 0.336. The number of hydrogen-bond donors (Lipinski definition) is 2. The molecule has 1 aromatic carbocycles. The van der Waals surface area contributed by atoms with Crippen molar-refractivity contribution in [2.45, 2.75) is 45.4 Å². The summed E-state index contributed by atoms with van der Waals surface area (Å²) in [4.78, 5) is 11.4. The monoisotopic (exact) mass is 349 g/mol. The molecule has 0 radical (unpaired) electrons. The molecule has 2 aliphatic rings. The molecule has 0 amide bonds. The second-order valence-electron chi connectivity index (χ2n) is 7.85. The fraction of sp³-hybridized carbons (Fsp3) is 0.476. The van der Waals surface area contributed by atoms with E-state index in [0.717, 1.165) is 30.0 Å². The molecule has 2 fully saturated rings. The predicted molar refractivity (Wildman–Crippen MR) is 106 cm³/mol. The van der Waals surface area contributed by atoms with Gasteiger partial charge in [-0.05, 0) is 43.6 Å². The van der Waals surface area contributed by atoms with Gasteiger partial charge in [0.25, 0.3) is 0 Å². The minimum Gasteiger partial charge on any atom is -0.382 e. The number of hydrogen-bond acceptors (Lipinski definition) is 5. The normalized spacial score (nSPS) is 19.0. The van der Waals surface area contributed by atoms with E-state index in [4.69, 9.17) is 11.1 Å². The lowest BCUT2D eigenvalue weighted by Gasteiger charge is -2.39. The first kappa shape index (κ1) is 17.0. The van der Waals surface area contributed by atoms with Crippen LogP contribution in [0, 0.1) is 17.7 Å². The maximum atomic E-state index is 8.48. The molecule has 1 saturated carbocycles. The SMILES string of the molecule is Cc1ccccc1C(=N)c1ncc(N2CCC3(CCCC3)CC2)nc1N. The van der Waals surface area contributed by atoms with Crippen LogP contribution in [0.3, 0.4) is 0 Å². The highest BCUT2D eigenvalue weighted by Crippen LogP contribution is 2.46. The summed E-state index contributed by atoms with van der Waals surface area (Å²) in [7, 11) is 0. The van der Waals surface area contributed by atoms with E-state index in [-0.39, 0.29) is 0 Å². The molecule has 1 aliphatic carbocycles. The first-order valence-corrected chi connectivity index (χ1v) is 9.60. The Labute approximate surface area is 155 Å². The van der Waals surface area contributed by atoms with Gasteiger partial charge in [0.15, 0.2) is 5.82 Å². The lowest BCUT2D eigenvalue weighted by Crippen LogP contribution is -2.39. The summed E-state index contributed by atoms with van der Waals surface area (Å²) in [6, 6.07) is 7.83. The van der Waals surface area contributed by atoms with Crippen molar-refractivity contribution in [2.24, 2.45) is 5.41 Å². The van der Waals surface area contributed by atoms with Crippen molar-refractivity contribution in [1.82, 2.24) is 9.97 Å². The van der Waals surface area contributed by atoms with Crippen molar-refractivity contribution in [1.29, 1.82) is 5.41 Å². The first-order valence-electron chi connectivity index (χ1n) is 9.60. The third-order valence-corrected chi connectivity index (χ3v) is 6.25. The molecule has 1 aromatic heterocycles. The second kappa shape index (κ2) is 6.71. The Kier molecular flexibility index (Phi) is 4.39. The molecular formula is C21H27N5. The van der Waals surface area contributed by atoms with Gasteiger partial charge in [0.1, 0.15) is 11.5 Å². The molecule has 3 N–H and O–H groups in total. The van der Waals surface area contributed by atoms with Crippen LogP contribution in [0.4, 0.5) is 11.6 Å². The first-order chi connectivity index (χ1) is 12.6. The molecule has 2 heterocycles. The molecule has 0 atom stereocenters. The van der Waals surface area contributed by atoms with E-state index in [0.29, 0.717) is 22.6 Å². The van der Waals surface area contributed by atoms with Gasteiger partial charge in [-0.25, -0.2) is 9.97 Å². The zero-order valence-corrected chi connectivity index (χ0v) is 15.5. The van der Waals surface area contributed by atoms with E-state index in [9.17, 15) is 0 Å². The fourth-order valence-corrected chi connectivity index (χ4v) is 4.55. The fourth-order valence-electron chi connectivity index (χ4n) is 4.55. The molecule has 5 heteroatoms. The molecule has 2 aromatic rings. The molecular weight excluding hydrogens is 322 g/mol. The lowest BCUT2D eigenvalue weighted by atomic mass is 9.77. The third kappa shape index (κ3) is 3.06. The number of benzene rings is 1. The van der Waals surface area contributed by atoms with Crippen molar-refractivity contribution < 1.29 is 0 Å². The molecule has 0 unspecified atom stereocenters. The van der Waals surface area contributed by atoms with Gasteiger partial charge in [-0.15, -0.1) is 0 Å². The molecule has 0 bridgehead atoms. The van der Waals surface area contributed by atoms with Gasteiger partial charge in [-0.3, -0.25) is 5.41 Å². The number of anilines is 2. The summed E-state index contributed by atoms with van der Waals surface area (Å²) in [5.41, 5.74) is 9.47. The molecule has 136 valence electrons. The van der Waals surface area contributed by atoms with Crippen molar-refractivity contribution in [2.75, 3.05) is 23.7 Å². The van der Waals surface area contributed by atoms with E-state index in [1.54, 1.807) is 6.20 Å². The summed E-state index contributed by atoms with van der Waals surface area (Å²) >= 11 is 0. The average molecular weight is 349 g/mol. The van der Waals surface area contributed by atoms with Gasteiger partial charge in [0.05, 0.1) is 11.9 Å². The number of nitrogen functional groups attached to an aromatic ring is 1. The van der Waals surface area contributed by atoms with Crippen LogP contribution in [0.2, 0.25) is 0 Å². The van der Waals surface area contributed by atoms with E-state index in [1.807, 2.05) is 31.2 Å². The maximum Gasteiger partial charge on any atom is 0.154 e. The minimum atomic E-state index is 0.336. The van der Waals surface area contributed by atoms with Gasteiger partial charge in [0.2, 0.25) is 0 Å². The average Bonchev–Trinajstić information content (AvgIpc) is 3.10. The zero-order valence-electron chi connectivity index (χ0n) is 15.5. The van der Waals surface area contributed by atoms with Gasteiger partial charge in [-0.1, -0.05) is 37.1 Å². The largest absolute Gasteiger partial charge is 0.382 e. The summed E-state index contributed by atoms with van der Waals surface area (Å²) in [5, 5.41) is 8.48. The highest BCUT2D eigenvalue weighted by atomic mass is 15.2. The summed E-state index contributed by atoms with van der Waals surface area (Å²) < 4.78 is 0. The lowest BCUT2D eigenvalue weighted by molar-refractivity contribution is 0.226. The standard InChI is InChI=1S/C21H27N5/c1-15-6-2-3-7-16(15)18(22)19-20(23)25-17(14-24-19)26-12-10-21(11-13-26)8-4-5-9-21/h2-3,6-7,14,22H,4-5,8-13H2,1H3,(H2,23,25). The molecule has 26 heavy (non-hydrogen) atoms. The van der Waals surface area contributed by atoms with Gasteiger partial charge in [-0.2, -0.15) is 0 Å². The van der Waals surface area contributed by atoms with Crippen molar-refractivity contribution in [3.05, 3.63) is 47.3 Å². The Hall–Kier alpha value is -2.43. The van der Waals surface area contributed by atoms with Crippen LogP contribution in [0.5, 0.6) is 0 Å². The Morgan fingerprint density at radius 3 is 2.46 bits per heavy atom. The molecule has 1 saturated heterocycles. The topological polar surface area (TPSA) is 78.9 Å². The molecule has 1 aliphatic heterocycles. The van der Waals surface area contributed by atoms with E-state index in [2.05, 4.69) is 14.9 Å². The quantitative estimate of drug-likeness (QED) is 0.823. The van der Waals surface area contributed by atoms with Crippen LogP contribution in [0.1, 0.15) is 55.3 Å². The summed E-state index contributed by atoms with van der Waals surface area (Å²) in [5.74, 6) is 1.19. The molecule has 5 nitrogen and oxygen atoms in total. The van der Waals surface area contributed by atoms with Gasteiger partial charge in [0, 0.05) is 18.7 Å². The third-order valence-electron chi connectivity index (χ3n) is 6.25. The van der Waals surface area contributed by atoms with Crippen LogP contribution < -0.4 is 10.6 Å². The Morgan fingerprint density at radius 2 is 1.81 bits per heavy atom. The number of nitrogens with zero attached hydrogens (tertiary/aromatic N) is 3. The number of rotatable bonds is 3. The van der Waals surface area contributed by atoms with E-state index >= 15 is 0 Å². The van der Waals surface area contributed by atoms with Crippen LogP contribution >= 0.6 is 0 Å². The maximum absolute atomic E-state index is 8.48.